The van der Waals surface area contributed by atoms with Gasteiger partial charge >= 0.3 is 6.09 Å². The van der Waals surface area contributed by atoms with E-state index in [0.717, 1.165) is 19.3 Å². The Bertz CT molecular complexity index is 1090. The first-order valence-electron chi connectivity index (χ1n) is 16.7. The van der Waals surface area contributed by atoms with Gasteiger partial charge in [0.25, 0.3) is 0 Å². The number of nitrogens with one attached hydrogen (secondary N) is 1. The number of rotatable bonds is 8. The lowest BCUT2D eigenvalue weighted by Crippen LogP contribution is -2.65. The summed E-state index contributed by atoms with van der Waals surface area (Å²) < 4.78 is 17.4. The Morgan fingerprint density at radius 1 is 0.932 bits per heavy atom. The third kappa shape index (κ3) is 7.35. The third-order valence-electron chi connectivity index (χ3n) is 10.4. The van der Waals surface area contributed by atoms with Gasteiger partial charge in [0.05, 0.1) is 25.2 Å². The molecule has 5 fully saturated rings. The fourth-order valence-electron chi connectivity index (χ4n) is 7.45. The van der Waals surface area contributed by atoms with Gasteiger partial charge in [-0.25, -0.2) is 4.79 Å². The van der Waals surface area contributed by atoms with Crippen molar-refractivity contribution in [3.8, 4) is 0 Å². The topological polar surface area (TPSA) is 118 Å². The summed E-state index contributed by atoms with van der Waals surface area (Å²) in [5, 5.41) is 3.09. The molecule has 2 saturated carbocycles. The minimum absolute atomic E-state index is 0.00757. The van der Waals surface area contributed by atoms with Crippen molar-refractivity contribution in [3.05, 3.63) is 0 Å². The van der Waals surface area contributed by atoms with Gasteiger partial charge in [-0.2, -0.15) is 0 Å². The number of carbonyl (C=O) groups is 4. The van der Waals surface area contributed by atoms with E-state index in [1.54, 1.807) is 9.80 Å². The maximum Gasteiger partial charge on any atom is 0.410 e. The fourth-order valence-corrected chi connectivity index (χ4v) is 7.45. The van der Waals surface area contributed by atoms with Gasteiger partial charge in [-0.1, -0.05) is 33.1 Å². The third-order valence-corrected chi connectivity index (χ3v) is 10.4. The van der Waals surface area contributed by atoms with E-state index < -0.39 is 35.2 Å². The second kappa shape index (κ2) is 12.8. The Morgan fingerprint density at radius 2 is 1.55 bits per heavy atom. The summed E-state index contributed by atoms with van der Waals surface area (Å²) in [5.74, 6) is -0.438. The van der Waals surface area contributed by atoms with Crippen molar-refractivity contribution >= 4 is 23.8 Å². The van der Waals surface area contributed by atoms with Gasteiger partial charge in [0.1, 0.15) is 11.6 Å². The largest absolute Gasteiger partial charge is 0.444 e. The standard InChI is InChI=1S/C33H54N4O7/c1-22(43-18-23-10-8-7-9-11-23)26(29(40)35-12-14-42-15-13-35)34-27(38)25-17-36(30(41)44-31(2,3)4)19-33(25)20-37(21-33)28(39)24-16-32(24,5)6/h22-26H,7-21H2,1-6H3,(H,34,38)/t22-,24-,25+,26+/m1/s1. The number of carbonyl (C=O) groups excluding carboxylic acids is 4. The van der Waals surface area contributed by atoms with Crippen molar-refractivity contribution in [1.29, 1.82) is 0 Å². The maximum absolute atomic E-state index is 14.2. The Hall–Kier alpha value is -2.40. The molecule has 0 aromatic rings. The average Bonchev–Trinajstić information content (AvgIpc) is 3.41. The van der Waals surface area contributed by atoms with Crippen molar-refractivity contribution in [2.75, 3.05) is 59.1 Å². The van der Waals surface area contributed by atoms with Gasteiger partial charge < -0.3 is 34.2 Å². The van der Waals surface area contributed by atoms with E-state index in [1.165, 1.54) is 19.3 Å². The molecule has 5 aliphatic rings. The van der Waals surface area contributed by atoms with Crippen LogP contribution in [-0.2, 0) is 28.6 Å². The SMILES string of the molecule is C[C@@H](OCC1CCCCC1)[C@H](NC(=O)[C@@H]1CN(C(=O)OC(C)(C)C)CC12CN(C(=O)[C@H]1CC1(C)C)C2)C(=O)N1CCOCC1. The summed E-state index contributed by atoms with van der Waals surface area (Å²) in [7, 11) is 0. The molecule has 4 amide bonds. The Labute approximate surface area is 262 Å². The number of hydrogen-bond acceptors (Lipinski definition) is 7. The van der Waals surface area contributed by atoms with Crippen LogP contribution in [0.4, 0.5) is 4.79 Å². The first kappa shape index (κ1) is 33.0. The number of amides is 4. The number of nitrogens with zero attached hydrogens (tertiary/aromatic N) is 3. The second-order valence-corrected chi connectivity index (χ2v) is 15.7. The highest BCUT2D eigenvalue weighted by atomic mass is 16.6. The molecule has 3 aliphatic heterocycles. The first-order valence-corrected chi connectivity index (χ1v) is 16.7. The fraction of sp³-hybridized carbons (Fsp3) is 0.879. The van der Waals surface area contributed by atoms with Crippen molar-refractivity contribution in [2.45, 2.75) is 97.8 Å². The van der Waals surface area contributed by atoms with Crippen molar-refractivity contribution in [2.24, 2.45) is 28.6 Å². The summed E-state index contributed by atoms with van der Waals surface area (Å²) in [6.45, 7) is 15.3. The summed E-state index contributed by atoms with van der Waals surface area (Å²) in [6.07, 6.45) is 5.78. The summed E-state index contributed by atoms with van der Waals surface area (Å²) in [6, 6.07) is -0.859. The van der Waals surface area contributed by atoms with E-state index in [9.17, 15) is 19.2 Å². The molecule has 0 aromatic carbocycles. The van der Waals surface area contributed by atoms with Gasteiger partial charge in [-0.15, -0.1) is 0 Å². The van der Waals surface area contributed by atoms with Crippen LogP contribution in [-0.4, -0.2) is 115 Å². The lowest BCUT2D eigenvalue weighted by atomic mass is 9.70. The van der Waals surface area contributed by atoms with Crippen LogP contribution in [0.25, 0.3) is 0 Å². The molecule has 5 rings (SSSR count). The van der Waals surface area contributed by atoms with Crippen LogP contribution in [0.5, 0.6) is 0 Å². The van der Waals surface area contributed by atoms with E-state index in [0.29, 0.717) is 58.5 Å². The van der Waals surface area contributed by atoms with Crippen LogP contribution in [0.2, 0.25) is 0 Å². The molecule has 3 saturated heterocycles. The van der Waals surface area contributed by atoms with Crippen LogP contribution in [0.15, 0.2) is 0 Å². The number of hydrogen-bond donors (Lipinski definition) is 1. The van der Waals surface area contributed by atoms with E-state index in [2.05, 4.69) is 19.2 Å². The molecule has 0 radical (unpaired) electrons. The predicted octanol–water partition coefficient (Wildman–Crippen LogP) is 3.06. The first-order chi connectivity index (χ1) is 20.7. The molecule has 1 N–H and O–H groups in total. The molecular weight excluding hydrogens is 564 g/mol. The molecule has 0 aromatic heterocycles. The van der Waals surface area contributed by atoms with Crippen LogP contribution in [0.1, 0.15) is 80.1 Å². The lowest BCUT2D eigenvalue weighted by Gasteiger charge is -2.50. The zero-order chi connectivity index (χ0) is 31.9. The van der Waals surface area contributed by atoms with E-state index in [1.807, 2.05) is 32.6 Å². The highest BCUT2D eigenvalue weighted by Gasteiger charge is 2.62. The predicted molar refractivity (Wildman–Crippen MR) is 164 cm³/mol. The summed E-state index contributed by atoms with van der Waals surface area (Å²) in [5.41, 5.74) is -1.26. The van der Waals surface area contributed by atoms with Crippen LogP contribution < -0.4 is 5.32 Å². The maximum atomic E-state index is 14.2. The Morgan fingerprint density at radius 3 is 2.14 bits per heavy atom. The molecule has 3 heterocycles. The van der Waals surface area contributed by atoms with Gasteiger partial charge in [0.15, 0.2) is 0 Å². The molecule has 2 aliphatic carbocycles. The smallest absolute Gasteiger partial charge is 0.410 e. The van der Waals surface area contributed by atoms with Crippen LogP contribution in [0, 0.1) is 28.6 Å². The number of morpholine rings is 1. The average molecular weight is 619 g/mol. The minimum atomic E-state index is -0.859. The summed E-state index contributed by atoms with van der Waals surface area (Å²) >= 11 is 0. The quantitative estimate of drug-likeness (QED) is 0.444. The molecule has 11 heteroatoms. The van der Waals surface area contributed by atoms with Gasteiger partial charge in [0.2, 0.25) is 17.7 Å². The molecular formula is C33H54N4O7. The molecule has 1 spiro atoms. The van der Waals surface area contributed by atoms with Crippen LogP contribution >= 0.6 is 0 Å². The minimum Gasteiger partial charge on any atom is -0.444 e. The van der Waals surface area contributed by atoms with E-state index >= 15 is 0 Å². The molecule has 11 nitrogen and oxygen atoms in total. The lowest BCUT2D eigenvalue weighted by molar-refractivity contribution is -0.153. The molecule has 0 bridgehead atoms. The monoisotopic (exact) mass is 618 g/mol. The van der Waals surface area contributed by atoms with E-state index in [4.69, 9.17) is 14.2 Å². The molecule has 248 valence electrons. The highest BCUT2D eigenvalue weighted by Crippen LogP contribution is 2.54. The molecule has 44 heavy (non-hydrogen) atoms. The zero-order valence-corrected chi connectivity index (χ0v) is 27.7. The van der Waals surface area contributed by atoms with Crippen molar-refractivity contribution < 1.29 is 33.4 Å². The van der Waals surface area contributed by atoms with E-state index in [-0.39, 0.29) is 35.6 Å². The number of likely N-dealkylation sites (tertiary alicyclic amines) is 2. The molecule has 0 unspecified atom stereocenters. The van der Waals surface area contributed by atoms with Crippen LogP contribution in [0.3, 0.4) is 0 Å². The van der Waals surface area contributed by atoms with Crippen molar-refractivity contribution in [3.63, 3.8) is 0 Å². The van der Waals surface area contributed by atoms with Crippen molar-refractivity contribution in [1.82, 2.24) is 20.0 Å². The Kier molecular flexibility index (Phi) is 9.57. The zero-order valence-electron chi connectivity index (χ0n) is 27.7. The normalized spacial score (nSPS) is 27.8. The molecule has 4 atom stereocenters. The number of ether oxygens (including phenoxy) is 3. The Balaban J connectivity index is 1.31. The van der Waals surface area contributed by atoms with Gasteiger partial charge in [0, 0.05) is 57.2 Å². The van der Waals surface area contributed by atoms with Gasteiger partial charge in [-0.05, 0) is 58.3 Å². The van der Waals surface area contributed by atoms with Gasteiger partial charge in [-0.3, -0.25) is 14.4 Å². The second-order valence-electron chi connectivity index (χ2n) is 15.7. The highest BCUT2D eigenvalue weighted by molar-refractivity contribution is 5.91. The summed E-state index contributed by atoms with van der Waals surface area (Å²) in [4.78, 5) is 59.6.